The molecule has 22 heavy (non-hydrogen) atoms. The number of aromatic nitrogens is 1. The first-order valence-corrected chi connectivity index (χ1v) is 8.12. The molecule has 0 fully saturated rings. The van der Waals surface area contributed by atoms with Gasteiger partial charge in [0.15, 0.2) is 0 Å². The summed E-state index contributed by atoms with van der Waals surface area (Å²) in [5.41, 5.74) is 3.02. The molecule has 2 aromatic rings. The second-order valence-corrected chi connectivity index (χ2v) is 6.03. The van der Waals surface area contributed by atoms with Crippen molar-refractivity contribution >= 4 is 27.7 Å². The number of anilines is 1. The van der Waals surface area contributed by atoms with Gasteiger partial charge in [0.1, 0.15) is 5.82 Å². The Kier molecular flexibility index (Phi) is 5.95. The van der Waals surface area contributed by atoms with Gasteiger partial charge in [-0.05, 0) is 48.7 Å². The van der Waals surface area contributed by atoms with Gasteiger partial charge in [-0.25, -0.2) is 4.98 Å². The summed E-state index contributed by atoms with van der Waals surface area (Å²) in [4.78, 5) is 16.1. The molecule has 0 bridgehead atoms. The van der Waals surface area contributed by atoms with Crippen molar-refractivity contribution in [2.45, 2.75) is 26.8 Å². The van der Waals surface area contributed by atoms with Crippen molar-refractivity contribution in [3.05, 3.63) is 57.7 Å². The number of rotatable bonds is 6. The summed E-state index contributed by atoms with van der Waals surface area (Å²) < 4.78 is 1.06. The minimum Gasteiger partial charge on any atom is -0.366 e. The third kappa shape index (κ3) is 4.56. The van der Waals surface area contributed by atoms with Crippen LogP contribution in [0.25, 0.3) is 0 Å². The van der Waals surface area contributed by atoms with Crippen LogP contribution in [0.5, 0.6) is 0 Å². The van der Waals surface area contributed by atoms with Crippen LogP contribution in [0.4, 0.5) is 5.82 Å². The number of aryl methyl sites for hydroxylation is 1. The van der Waals surface area contributed by atoms with Crippen molar-refractivity contribution in [3.63, 3.8) is 0 Å². The van der Waals surface area contributed by atoms with E-state index in [1.165, 1.54) is 11.1 Å². The largest absolute Gasteiger partial charge is 0.366 e. The van der Waals surface area contributed by atoms with E-state index in [2.05, 4.69) is 50.6 Å². The number of halogens is 1. The Bertz CT molecular complexity index is 641. The molecule has 0 spiro atoms. The molecule has 1 amide bonds. The van der Waals surface area contributed by atoms with E-state index in [0.29, 0.717) is 18.7 Å². The number of amides is 1. The second-order valence-electron chi connectivity index (χ2n) is 5.11. The molecule has 1 aromatic heterocycles. The number of carbonyl (C=O) groups excluding carboxylic acids is 1. The summed E-state index contributed by atoms with van der Waals surface area (Å²) in [6, 6.07) is 9.81. The Morgan fingerprint density at radius 3 is 2.77 bits per heavy atom. The van der Waals surface area contributed by atoms with Gasteiger partial charge in [0.25, 0.3) is 5.91 Å². The first kappa shape index (κ1) is 16.5. The highest BCUT2D eigenvalue weighted by molar-refractivity contribution is 9.10. The fourth-order valence-corrected chi connectivity index (χ4v) is 2.40. The minimum absolute atomic E-state index is 0.0799. The van der Waals surface area contributed by atoms with Crippen LogP contribution >= 0.6 is 15.9 Å². The zero-order valence-corrected chi connectivity index (χ0v) is 14.4. The predicted octanol–water partition coefficient (Wildman–Crippen LogP) is 3.90. The zero-order valence-electron chi connectivity index (χ0n) is 12.8. The lowest BCUT2D eigenvalue weighted by atomic mass is 10.1. The molecule has 5 heteroatoms. The molecule has 0 unspecified atom stereocenters. The maximum Gasteiger partial charge on any atom is 0.252 e. The van der Waals surface area contributed by atoms with Gasteiger partial charge in [0.05, 0.1) is 5.56 Å². The van der Waals surface area contributed by atoms with Gasteiger partial charge in [-0.1, -0.05) is 28.9 Å². The molecule has 4 nitrogen and oxygen atoms in total. The number of hydrogen-bond acceptors (Lipinski definition) is 3. The first-order valence-electron chi connectivity index (χ1n) is 7.33. The number of pyridine rings is 1. The first-order chi connectivity index (χ1) is 10.6. The molecule has 0 radical (unpaired) electrons. The summed E-state index contributed by atoms with van der Waals surface area (Å²) in [5, 5.41) is 6.11. The van der Waals surface area contributed by atoms with Crippen molar-refractivity contribution in [2.24, 2.45) is 0 Å². The quantitative estimate of drug-likeness (QED) is 0.819. The fraction of sp³-hybridized carbons (Fsp3) is 0.294. The van der Waals surface area contributed by atoms with E-state index in [-0.39, 0.29) is 5.91 Å². The Morgan fingerprint density at radius 2 is 2.09 bits per heavy atom. The lowest BCUT2D eigenvalue weighted by molar-refractivity contribution is 0.0953. The molecule has 116 valence electrons. The SMILES string of the molecule is CCCNC(=O)c1ccc(NCc2cc(Br)ccc2C)nc1. The third-order valence-electron chi connectivity index (χ3n) is 3.33. The summed E-state index contributed by atoms with van der Waals surface area (Å²) in [7, 11) is 0. The molecule has 0 saturated heterocycles. The molecule has 0 aliphatic carbocycles. The van der Waals surface area contributed by atoms with E-state index in [1.54, 1.807) is 12.3 Å². The number of benzene rings is 1. The maximum absolute atomic E-state index is 11.8. The van der Waals surface area contributed by atoms with Crippen molar-refractivity contribution < 1.29 is 4.79 Å². The highest BCUT2D eigenvalue weighted by Crippen LogP contribution is 2.17. The summed E-state index contributed by atoms with van der Waals surface area (Å²) in [6.07, 6.45) is 2.52. The van der Waals surface area contributed by atoms with Crippen LogP contribution in [0.1, 0.15) is 34.8 Å². The molecule has 1 heterocycles. The molecule has 0 atom stereocenters. The van der Waals surface area contributed by atoms with Gasteiger partial charge in [-0.15, -0.1) is 0 Å². The van der Waals surface area contributed by atoms with Crippen LogP contribution in [-0.2, 0) is 6.54 Å². The Labute approximate surface area is 139 Å². The van der Waals surface area contributed by atoms with Crippen molar-refractivity contribution in [1.29, 1.82) is 0 Å². The summed E-state index contributed by atoms with van der Waals surface area (Å²) in [6.45, 7) is 5.48. The predicted molar refractivity (Wildman–Crippen MR) is 93.1 cm³/mol. The molecule has 0 aliphatic heterocycles. The molecule has 0 saturated carbocycles. The summed E-state index contributed by atoms with van der Waals surface area (Å²) in [5.74, 6) is 0.676. The lowest BCUT2D eigenvalue weighted by Crippen LogP contribution is -2.24. The highest BCUT2D eigenvalue weighted by atomic mass is 79.9. The monoisotopic (exact) mass is 361 g/mol. The van der Waals surface area contributed by atoms with Crippen LogP contribution in [0.3, 0.4) is 0 Å². The molecule has 0 aliphatic rings. The Hall–Kier alpha value is -1.88. The topological polar surface area (TPSA) is 54.0 Å². The number of nitrogens with one attached hydrogen (secondary N) is 2. The second kappa shape index (κ2) is 7.94. The van der Waals surface area contributed by atoms with E-state index in [0.717, 1.165) is 16.7 Å². The van der Waals surface area contributed by atoms with E-state index >= 15 is 0 Å². The van der Waals surface area contributed by atoms with Crippen LogP contribution in [0.15, 0.2) is 41.0 Å². The Morgan fingerprint density at radius 1 is 1.27 bits per heavy atom. The zero-order chi connectivity index (χ0) is 15.9. The number of carbonyl (C=O) groups is 1. The van der Waals surface area contributed by atoms with Gasteiger partial charge < -0.3 is 10.6 Å². The highest BCUT2D eigenvalue weighted by Gasteiger charge is 2.05. The van der Waals surface area contributed by atoms with Gasteiger partial charge in [0, 0.05) is 23.8 Å². The van der Waals surface area contributed by atoms with Crippen LogP contribution in [0, 0.1) is 6.92 Å². The molecule has 2 rings (SSSR count). The van der Waals surface area contributed by atoms with E-state index in [1.807, 2.05) is 19.1 Å². The van der Waals surface area contributed by atoms with E-state index in [9.17, 15) is 4.79 Å². The average Bonchev–Trinajstić information content (AvgIpc) is 2.54. The summed E-state index contributed by atoms with van der Waals surface area (Å²) >= 11 is 3.48. The van der Waals surface area contributed by atoms with Crippen LogP contribution in [0.2, 0.25) is 0 Å². The standard InChI is InChI=1S/C17H20BrN3O/c1-3-8-19-17(22)13-5-7-16(20-10-13)21-11-14-9-15(18)6-4-12(14)2/h4-7,9-10H,3,8,11H2,1-2H3,(H,19,22)(H,20,21). The number of nitrogens with zero attached hydrogens (tertiary/aromatic N) is 1. The smallest absolute Gasteiger partial charge is 0.252 e. The minimum atomic E-state index is -0.0799. The van der Waals surface area contributed by atoms with E-state index in [4.69, 9.17) is 0 Å². The van der Waals surface area contributed by atoms with E-state index < -0.39 is 0 Å². The number of hydrogen-bond donors (Lipinski definition) is 2. The lowest BCUT2D eigenvalue weighted by Gasteiger charge is -2.09. The Balaban J connectivity index is 1.96. The van der Waals surface area contributed by atoms with Crippen molar-refractivity contribution in [2.75, 3.05) is 11.9 Å². The van der Waals surface area contributed by atoms with Crippen LogP contribution in [-0.4, -0.2) is 17.4 Å². The van der Waals surface area contributed by atoms with Crippen molar-refractivity contribution in [3.8, 4) is 0 Å². The van der Waals surface area contributed by atoms with Gasteiger partial charge in [-0.2, -0.15) is 0 Å². The molecule has 2 N–H and O–H groups in total. The van der Waals surface area contributed by atoms with Gasteiger partial charge in [-0.3, -0.25) is 4.79 Å². The maximum atomic E-state index is 11.8. The third-order valence-corrected chi connectivity index (χ3v) is 3.83. The van der Waals surface area contributed by atoms with Gasteiger partial charge >= 0.3 is 0 Å². The fourth-order valence-electron chi connectivity index (χ4n) is 1.99. The molecular formula is C17H20BrN3O. The van der Waals surface area contributed by atoms with Gasteiger partial charge in [0.2, 0.25) is 0 Å². The van der Waals surface area contributed by atoms with Crippen LogP contribution < -0.4 is 10.6 Å². The van der Waals surface area contributed by atoms with Crippen molar-refractivity contribution in [1.82, 2.24) is 10.3 Å². The molecule has 1 aromatic carbocycles. The normalized spacial score (nSPS) is 10.3. The average molecular weight is 362 g/mol. The molecular weight excluding hydrogens is 342 g/mol.